The average Bonchev–Trinajstić information content (AvgIpc) is 2.24. The van der Waals surface area contributed by atoms with E-state index in [1.165, 1.54) is 0 Å². The molecule has 1 rings (SSSR count). The quantitative estimate of drug-likeness (QED) is 0.578. The molecule has 1 saturated heterocycles. The number of hydrogen-bond acceptors (Lipinski definition) is 5. The van der Waals surface area contributed by atoms with Gasteiger partial charge >= 0.3 is 6.09 Å². The van der Waals surface area contributed by atoms with Gasteiger partial charge in [-0.15, -0.1) is 0 Å². The highest BCUT2D eigenvalue weighted by Crippen LogP contribution is 2.26. The number of likely N-dealkylation sites (tertiary alicyclic amines) is 1. The molecule has 2 amide bonds. The van der Waals surface area contributed by atoms with E-state index in [1.54, 1.807) is 34.6 Å². The number of hydrogen-bond donors (Lipinski definition) is 0. The van der Waals surface area contributed by atoms with Gasteiger partial charge in [-0.3, -0.25) is 4.79 Å². The maximum atomic E-state index is 11.9. The van der Waals surface area contributed by atoms with Crippen LogP contribution >= 0.6 is 0 Å². The summed E-state index contributed by atoms with van der Waals surface area (Å²) < 4.78 is 15.8. The Morgan fingerprint density at radius 2 is 2.00 bits per heavy atom. The normalized spacial score (nSPS) is 24.9. The summed E-state index contributed by atoms with van der Waals surface area (Å²) in [5.74, 6) is -0.381. The Morgan fingerprint density at radius 1 is 1.42 bits per heavy atom. The van der Waals surface area contributed by atoms with E-state index >= 15 is 0 Å². The SMILES string of the molecule is CCOC(C)O[C@H]1C(=O)N(C(=O)OC(C)(C)C)[C@H]1C. The van der Waals surface area contributed by atoms with Gasteiger partial charge in [0.1, 0.15) is 5.60 Å². The van der Waals surface area contributed by atoms with Crippen LogP contribution < -0.4 is 0 Å². The summed E-state index contributed by atoms with van der Waals surface area (Å²) in [6.07, 6.45) is -1.75. The van der Waals surface area contributed by atoms with Crippen LogP contribution in [-0.2, 0) is 19.0 Å². The molecule has 1 unspecified atom stereocenters. The highest BCUT2D eigenvalue weighted by atomic mass is 16.7. The van der Waals surface area contributed by atoms with Gasteiger partial charge in [-0.2, -0.15) is 0 Å². The zero-order valence-corrected chi connectivity index (χ0v) is 12.4. The first-order valence-electron chi connectivity index (χ1n) is 6.50. The van der Waals surface area contributed by atoms with Crippen molar-refractivity contribution in [1.29, 1.82) is 0 Å². The van der Waals surface area contributed by atoms with Crippen LogP contribution in [0.15, 0.2) is 0 Å². The van der Waals surface area contributed by atoms with E-state index in [-0.39, 0.29) is 11.9 Å². The molecular weight excluding hydrogens is 250 g/mol. The van der Waals surface area contributed by atoms with Gasteiger partial charge in [0.05, 0.1) is 6.04 Å². The van der Waals surface area contributed by atoms with Crippen molar-refractivity contribution in [2.24, 2.45) is 0 Å². The molecule has 0 saturated carbocycles. The molecule has 6 nitrogen and oxygen atoms in total. The number of amides is 2. The second-order valence-electron chi connectivity index (χ2n) is 5.51. The Kier molecular flexibility index (Phi) is 4.92. The predicted octanol–water partition coefficient (Wildman–Crippen LogP) is 1.92. The van der Waals surface area contributed by atoms with Crippen molar-refractivity contribution in [2.75, 3.05) is 6.61 Å². The van der Waals surface area contributed by atoms with E-state index in [0.29, 0.717) is 6.61 Å². The molecule has 1 heterocycles. The van der Waals surface area contributed by atoms with Crippen LogP contribution in [0.1, 0.15) is 41.5 Å². The first-order valence-corrected chi connectivity index (χ1v) is 6.50. The summed E-state index contributed by atoms with van der Waals surface area (Å²) in [6, 6.07) is -0.342. The molecule has 1 fully saturated rings. The predicted molar refractivity (Wildman–Crippen MR) is 68.5 cm³/mol. The molecule has 110 valence electrons. The monoisotopic (exact) mass is 273 g/mol. The van der Waals surface area contributed by atoms with E-state index < -0.39 is 24.1 Å². The maximum absolute atomic E-state index is 11.9. The van der Waals surface area contributed by atoms with Gasteiger partial charge in [-0.05, 0) is 41.5 Å². The third kappa shape index (κ3) is 3.91. The Balaban J connectivity index is 2.54. The minimum Gasteiger partial charge on any atom is -0.443 e. The van der Waals surface area contributed by atoms with Gasteiger partial charge < -0.3 is 14.2 Å². The van der Waals surface area contributed by atoms with Crippen molar-refractivity contribution in [3.8, 4) is 0 Å². The number of carbonyl (C=O) groups excluding carboxylic acids is 2. The van der Waals surface area contributed by atoms with Gasteiger partial charge in [0.15, 0.2) is 12.4 Å². The van der Waals surface area contributed by atoms with Crippen LogP contribution in [0.3, 0.4) is 0 Å². The highest BCUT2D eigenvalue weighted by Gasteiger charge is 2.51. The molecule has 0 aromatic rings. The van der Waals surface area contributed by atoms with Gasteiger partial charge in [-0.1, -0.05) is 0 Å². The minimum atomic E-state index is -0.644. The largest absolute Gasteiger partial charge is 0.443 e. The molecule has 19 heavy (non-hydrogen) atoms. The molecule has 0 spiro atoms. The third-order valence-corrected chi connectivity index (χ3v) is 2.66. The lowest BCUT2D eigenvalue weighted by molar-refractivity contribution is -0.208. The molecule has 0 radical (unpaired) electrons. The molecule has 1 aliphatic rings. The molecule has 0 aromatic heterocycles. The summed E-state index contributed by atoms with van der Waals surface area (Å²) in [5, 5.41) is 0. The van der Waals surface area contributed by atoms with Gasteiger partial charge in [0, 0.05) is 6.61 Å². The fourth-order valence-corrected chi connectivity index (χ4v) is 1.82. The Morgan fingerprint density at radius 3 is 2.42 bits per heavy atom. The topological polar surface area (TPSA) is 65.1 Å². The van der Waals surface area contributed by atoms with Crippen molar-refractivity contribution < 1.29 is 23.8 Å². The number of rotatable bonds is 4. The van der Waals surface area contributed by atoms with E-state index in [9.17, 15) is 9.59 Å². The minimum absolute atomic E-state index is 0.342. The van der Waals surface area contributed by atoms with Crippen molar-refractivity contribution in [2.45, 2.75) is 65.6 Å². The van der Waals surface area contributed by atoms with Gasteiger partial charge in [0.2, 0.25) is 0 Å². The average molecular weight is 273 g/mol. The second-order valence-corrected chi connectivity index (χ2v) is 5.51. The number of nitrogens with zero attached hydrogens (tertiary/aromatic N) is 1. The van der Waals surface area contributed by atoms with Crippen LogP contribution in [0, 0.1) is 0 Å². The van der Waals surface area contributed by atoms with E-state index in [1.807, 2.05) is 6.92 Å². The molecular formula is C13H23NO5. The molecule has 0 aliphatic carbocycles. The zero-order valence-electron chi connectivity index (χ0n) is 12.4. The molecule has 1 aliphatic heterocycles. The summed E-state index contributed by atoms with van der Waals surface area (Å²) in [6.45, 7) is 11.1. The van der Waals surface area contributed by atoms with E-state index in [0.717, 1.165) is 4.90 Å². The number of imide groups is 1. The lowest BCUT2D eigenvalue weighted by Crippen LogP contribution is -2.67. The lowest BCUT2D eigenvalue weighted by atomic mass is 10.0. The molecule has 6 heteroatoms. The first kappa shape index (κ1) is 15.9. The summed E-state index contributed by atoms with van der Waals surface area (Å²) >= 11 is 0. The Labute approximate surface area is 114 Å². The number of β-lactam (4-membered cyclic amide) rings is 1. The van der Waals surface area contributed by atoms with Crippen LogP contribution in [0.2, 0.25) is 0 Å². The Hall–Kier alpha value is -1.14. The molecule has 0 N–H and O–H groups in total. The number of carbonyl (C=O) groups is 2. The fraction of sp³-hybridized carbons (Fsp3) is 0.846. The van der Waals surface area contributed by atoms with E-state index in [4.69, 9.17) is 14.2 Å². The second kappa shape index (κ2) is 5.88. The zero-order chi connectivity index (χ0) is 14.8. The summed E-state index contributed by atoms with van der Waals surface area (Å²) in [7, 11) is 0. The van der Waals surface area contributed by atoms with Crippen molar-refractivity contribution in [1.82, 2.24) is 4.90 Å². The van der Waals surface area contributed by atoms with Crippen molar-refractivity contribution in [3.63, 3.8) is 0 Å². The van der Waals surface area contributed by atoms with Crippen LogP contribution in [-0.4, -0.2) is 47.5 Å². The van der Waals surface area contributed by atoms with Crippen molar-refractivity contribution in [3.05, 3.63) is 0 Å². The Bertz CT molecular complexity index is 349. The number of ether oxygens (including phenoxy) is 3. The lowest BCUT2D eigenvalue weighted by Gasteiger charge is -2.43. The third-order valence-electron chi connectivity index (χ3n) is 2.66. The van der Waals surface area contributed by atoms with E-state index in [2.05, 4.69) is 0 Å². The standard InChI is InChI=1S/C13H23NO5/c1-7-17-9(3)18-10-8(2)14(11(10)15)12(16)19-13(4,5)6/h8-10H,7H2,1-6H3/t8-,9?,10+/m0/s1. The molecule has 3 atom stereocenters. The summed E-state index contributed by atoms with van der Waals surface area (Å²) in [4.78, 5) is 24.8. The van der Waals surface area contributed by atoms with Crippen LogP contribution in [0.5, 0.6) is 0 Å². The molecule has 0 aromatic carbocycles. The maximum Gasteiger partial charge on any atom is 0.417 e. The van der Waals surface area contributed by atoms with Crippen LogP contribution in [0.25, 0.3) is 0 Å². The first-order chi connectivity index (χ1) is 8.67. The highest BCUT2D eigenvalue weighted by molar-refractivity contribution is 6.01. The van der Waals surface area contributed by atoms with Gasteiger partial charge in [0.25, 0.3) is 5.91 Å². The fourth-order valence-electron chi connectivity index (χ4n) is 1.82. The van der Waals surface area contributed by atoms with Crippen LogP contribution in [0.4, 0.5) is 4.79 Å². The van der Waals surface area contributed by atoms with Gasteiger partial charge in [-0.25, -0.2) is 9.69 Å². The summed E-state index contributed by atoms with van der Waals surface area (Å²) in [5.41, 5.74) is -0.623. The smallest absolute Gasteiger partial charge is 0.417 e. The van der Waals surface area contributed by atoms with Crippen molar-refractivity contribution >= 4 is 12.0 Å². The molecule has 0 bridgehead atoms.